The van der Waals surface area contributed by atoms with Gasteiger partial charge in [0.15, 0.2) is 0 Å². The van der Waals surface area contributed by atoms with Gasteiger partial charge >= 0.3 is 0 Å². The van der Waals surface area contributed by atoms with Crippen molar-refractivity contribution in [1.29, 1.82) is 0 Å². The minimum Gasteiger partial charge on any atom is -0.382 e. The van der Waals surface area contributed by atoms with Crippen LogP contribution in [0.5, 0.6) is 0 Å². The highest BCUT2D eigenvalue weighted by Gasteiger charge is 1.83. The van der Waals surface area contributed by atoms with E-state index in [0.717, 1.165) is 32.4 Å². The largest absolute Gasteiger partial charge is 0.382 e. The zero-order valence-corrected chi connectivity index (χ0v) is 6.10. The maximum atomic E-state index is 9.63. The van der Waals surface area contributed by atoms with Gasteiger partial charge < -0.3 is 11.1 Å². The van der Waals surface area contributed by atoms with Crippen molar-refractivity contribution in [3.05, 3.63) is 6.20 Å². The van der Waals surface area contributed by atoms with Gasteiger partial charge in [-0.2, -0.15) is 0 Å². The van der Waals surface area contributed by atoms with Crippen LogP contribution < -0.4 is 11.1 Å². The minimum absolute atomic E-state index is 0.753. The third kappa shape index (κ3) is 7.21. The summed E-state index contributed by atoms with van der Waals surface area (Å²) in [7, 11) is 0. The molecule has 10 heavy (non-hydrogen) atoms. The van der Waals surface area contributed by atoms with Gasteiger partial charge in [-0.05, 0) is 19.4 Å². The van der Waals surface area contributed by atoms with Gasteiger partial charge in [0, 0.05) is 6.54 Å². The molecule has 3 N–H and O–H groups in total. The number of hydrogen-bond acceptors (Lipinski definition) is 3. The summed E-state index contributed by atoms with van der Waals surface area (Å²) < 4.78 is 0. The SMILES string of the molecule is NCCCCCNC=C=O. The zero-order chi connectivity index (χ0) is 7.66. The molecule has 3 heteroatoms. The van der Waals surface area contributed by atoms with Crippen molar-refractivity contribution in [3.8, 4) is 0 Å². The number of nitrogens with two attached hydrogens (primary N) is 1. The Morgan fingerprint density at radius 3 is 2.80 bits per heavy atom. The first kappa shape index (κ1) is 9.21. The fourth-order valence-corrected chi connectivity index (χ4v) is 0.662. The van der Waals surface area contributed by atoms with Gasteiger partial charge in [-0.15, -0.1) is 0 Å². The Bertz CT molecular complexity index is 108. The topological polar surface area (TPSA) is 55.1 Å². The van der Waals surface area contributed by atoms with Crippen LogP contribution in [0.1, 0.15) is 19.3 Å². The second kappa shape index (κ2) is 8.21. The average molecular weight is 142 g/mol. The zero-order valence-electron chi connectivity index (χ0n) is 6.10. The molecule has 0 saturated carbocycles. The molecule has 0 atom stereocenters. The molecule has 0 rings (SSSR count). The molecule has 3 nitrogen and oxygen atoms in total. The van der Waals surface area contributed by atoms with Crippen molar-refractivity contribution in [2.45, 2.75) is 19.3 Å². The van der Waals surface area contributed by atoms with Gasteiger partial charge in [-0.1, -0.05) is 6.42 Å². The van der Waals surface area contributed by atoms with E-state index in [4.69, 9.17) is 5.73 Å². The Morgan fingerprint density at radius 2 is 2.20 bits per heavy atom. The smallest absolute Gasteiger partial charge is 0.141 e. The van der Waals surface area contributed by atoms with Gasteiger partial charge in [-0.3, -0.25) is 0 Å². The van der Waals surface area contributed by atoms with Gasteiger partial charge in [0.05, 0.1) is 6.20 Å². The van der Waals surface area contributed by atoms with Crippen LogP contribution in [0.25, 0.3) is 0 Å². The van der Waals surface area contributed by atoms with E-state index in [1.54, 1.807) is 5.94 Å². The maximum absolute atomic E-state index is 9.63. The molecule has 0 radical (unpaired) electrons. The molecule has 0 aromatic carbocycles. The molecule has 0 fully saturated rings. The Balaban J connectivity index is 2.83. The molecule has 0 unspecified atom stereocenters. The van der Waals surface area contributed by atoms with E-state index < -0.39 is 0 Å². The number of nitrogens with one attached hydrogen (secondary N) is 1. The van der Waals surface area contributed by atoms with Crippen LogP contribution in [-0.2, 0) is 4.79 Å². The predicted molar refractivity (Wildman–Crippen MR) is 41.2 cm³/mol. The van der Waals surface area contributed by atoms with E-state index in [-0.39, 0.29) is 0 Å². The van der Waals surface area contributed by atoms with Crippen LogP contribution in [0.3, 0.4) is 0 Å². The lowest BCUT2D eigenvalue weighted by molar-refractivity contribution is 0.566. The highest BCUT2D eigenvalue weighted by Crippen LogP contribution is 1.90. The van der Waals surface area contributed by atoms with Crippen LogP contribution in [0.15, 0.2) is 6.20 Å². The van der Waals surface area contributed by atoms with E-state index in [1.165, 1.54) is 6.20 Å². The summed E-state index contributed by atoms with van der Waals surface area (Å²) in [4.78, 5) is 9.63. The summed E-state index contributed by atoms with van der Waals surface area (Å²) in [5, 5.41) is 2.80. The minimum atomic E-state index is 0.753. The first-order valence-corrected chi connectivity index (χ1v) is 3.54. The Labute approximate surface area is 61.3 Å². The normalized spacial score (nSPS) is 8.50. The number of hydrogen-bond donors (Lipinski definition) is 2. The van der Waals surface area contributed by atoms with Gasteiger partial charge in [-0.25, -0.2) is 4.79 Å². The number of carbonyl (C=O) groups excluding carboxylic acids is 1. The van der Waals surface area contributed by atoms with Gasteiger partial charge in [0.1, 0.15) is 5.94 Å². The lowest BCUT2D eigenvalue weighted by atomic mass is 10.2. The summed E-state index contributed by atoms with van der Waals surface area (Å²) in [6.45, 7) is 1.60. The molecule has 0 aliphatic heterocycles. The molecule has 0 aliphatic rings. The highest BCUT2D eigenvalue weighted by molar-refractivity contribution is 5.43. The average Bonchev–Trinajstić information content (AvgIpc) is 1.97. The van der Waals surface area contributed by atoms with Crippen molar-refractivity contribution in [3.63, 3.8) is 0 Å². The van der Waals surface area contributed by atoms with Crippen molar-refractivity contribution in [2.24, 2.45) is 5.73 Å². The fourth-order valence-electron chi connectivity index (χ4n) is 0.662. The van der Waals surface area contributed by atoms with Crippen LogP contribution in [0.4, 0.5) is 0 Å². The van der Waals surface area contributed by atoms with Crippen molar-refractivity contribution in [1.82, 2.24) is 5.32 Å². The van der Waals surface area contributed by atoms with Gasteiger partial charge in [0.2, 0.25) is 0 Å². The van der Waals surface area contributed by atoms with Crippen LogP contribution in [0.2, 0.25) is 0 Å². The number of unbranched alkanes of at least 4 members (excludes halogenated alkanes) is 2. The second-order valence-corrected chi connectivity index (χ2v) is 2.07. The standard InChI is InChI=1S/C7H14N2O/c8-4-2-1-3-5-9-6-7-10/h6,9H,1-5,8H2. The Kier molecular flexibility index (Phi) is 7.56. The first-order chi connectivity index (χ1) is 4.91. The molecule has 0 bridgehead atoms. The molecule has 58 valence electrons. The maximum Gasteiger partial charge on any atom is 0.141 e. The fraction of sp³-hybridized carbons (Fsp3) is 0.714. The van der Waals surface area contributed by atoms with Crippen LogP contribution >= 0.6 is 0 Å². The highest BCUT2D eigenvalue weighted by atomic mass is 16.1. The molecule has 0 amide bonds. The Hall–Kier alpha value is -0.790. The summed E-state index contributed by atoms with van der Waals surface area (Å²) >= 11 is 0. The van der Waals surface area contributed by atoms with E-state index in [1.807, 2.05) is 0 Å². The molecule has 0 heterocycles. The van der Waals surface area contributed by atoms with Crippen molar-refractivity contribution >= 4 is 5.94 Å². The molecule has 0 saturated heterocycles. The van der Waals surface area contributed by atoms with E-state index in [9.17, 15) is 4.79 Å². The quantitative estimate of drug-likeness (QED) is 0.407. The summed E-state index contributed by atoms with van der Waals surface area (Å²) in [5.41, 5.74) is 5.28. The molecule has 0 aromatic heterocycles. The van der Waals surface area contributed by atoms with Crippen LogP contribution in [0, 0.1) is 0 Å². The first-order valence-electron chi connectivity index (χ1n) is 3.54. The van der Waals surface area contributed by atoms with E-state index >= 15 is 0 Å². The Morgan fingerprint density at radius 1 is 1.40 bits per heavy atom. The van der Waals surface area contributed by atoms with Gasteiger partial charge in [0.25, 0.3) is 0 Å². The molecular formula is C7H14N2O. The van der Waals surface area contributed by atoms with Crippen molar-refractivity contribution in [2.75, 3.05) is 13.1 Å². The molecular weight excluding hydrogens is 128 g/mol. The summed E-state index contributed by atoms with van der Waals surface area (Å²) in [6.07, 6.45) is 4.54. The van der Waals surface area contributed by atoms with Crippen molar-refractivity contribution < 1.29 is 4.79 Å². The van der Waals surface area contributed by atoms with E-state index in [2.05, 4.69) is 5.32 Å². The molecule has 0 aliphatic carbocycles. The van der Waals surface area contributed by atoms with E-state index in [0.29, 0.717) is 0 Å². The molecule has 0 spiro atoms. The van der Waals surface area contributed by atoms with Crippen LogP contribution in [-0.4, -0.2) is 19.0 Å². The summed E-state index contributed by atoms with van der Waals surface area (Å²) in [6, 6.07) is 0. The number of rotatable bonds is 6. The monoisotopic (exact) mass is 142 g/mol. The third-order valence-corrected chi connectivity index (χ3v) is 1.19. The molecule has 0 aromatic rings. The lowest BCUT2D eigenvalue weighted by Crippen LogP contribution is -2.07. The third-order valence-electron chi connectivity index (χ3n) is 1.19. The predicted octanol–water partition coefficient (Wildman–Crippen LogP) is 0.0503. The summed E-state index contributed by atoms with van der Waals surface area (Å²) in [5.74, 6) is 1.65. The lowest BCUT2D eigenvalue weighted by Gasteiger charge is -1.97. The second-order valence-electron chi connectivity index (χ2n) is 2.07.